The second kappa shape index (κ2) is 5.87. The van der Waals surface area contributed by atoms with Gasteiger partial charge in [-0.2, -0.15) is 0 Å². The largest absolute Gasteiger partial charge is 0.486 e. The van der Waals surface area contributed by atoms with Crippen molar-refractivity contribution in [3.63, 3.8) is 0 Å². The molecule has 0 fully saturated rings. The molecule has 0 bridgehead atoms. The van der Waals surface area contributed by atoms with E-state index in [0.29, 0.717) is 0 Å². The number of halogens is 2. The second-order valence-corrected chi connectivity index (χ2v) is 4.70. The highest BCUT2D eigenvalue weighted by atomic mass is 19.1. The van der Waals surface area contributed by atoms with Crippen LogP contribution in [0, 0.1) is 11.6 Å². The van der Waals surface area contributed by atoms with Gasteiger partial charge in [-0.05, 0) is 23.2 Å². The molecule has 2 rings (SSSR count). The van der Waals surface area contributed by atoms with Crippen molar-refractivity contribution in [2.75, 3.05) is 0 Å². The Morgan fingerprint density at radius 3 is 2.32 bits per heavy atom. The zero-order valence-corrected chi connectivity index (χ0v) is 11.0. The molecule has 0 N–H and O–H groups in total. The van der Waals surface area contributed by atoms with Crippen LogP contribution in [0.2, 0.25) is 13.6 Å². The quantitative estimate of drug-likeness (QED) is 0.764. The number of hydrogen-bond donors (Lipinski definition) is 0. The summed E-state index contributed by atoms with van der Waals surface area (Å²) in [5.41, 5.74) is 1.02. The molecule has 2 aromatic carbocycles. The summed E-state index contributed by atoms with van der Waals surface area (Å²) in [6.45, 7) is 3.55. The van der Waals surface area contributed by atoms with Gasteiger partial charge in [-0.15, -0.1) is 0 Å². The van der Waals surface area contributed by atoms with Crippen LogP contribution in [0.3, 0.4) is 0 Å². The molecule has 0 heterocycles. The summed E-state index contributed by atoms with van der Waals surface area (Å²) < 4.78 is 33.1. The molecule has 0 atom stereocenters. The van der Waals surface area contributed by atoms with Crippen LogP contribution in [0.4, 0.5) is 8.78 Å². The monoisotopic (exact) mass is 260 g/mol. The van der Waals surface area contributed by atoms with E-state index in [1.165, 1.54) is 12.1 Å². The van der Waals surface area contributed by atoms with Gasteiger partial charge in [0.1, 0.15) is 12.4 Å². The van der Waals surface area contributed by atoms with Gasteiger partial charge >= 0.3 is 0 Å². The maximum atomic E-state index is 14.1. The molecule has 0 radical (unpaired) electrons. The minimum atomic E-state index is -0.606. The smallest absolute Gasteiger partial charge is 0.177 e. The van der Waals surface area contributed by atoms with Crippen molar-refractivity contribution in [3.8, 4) is 5.75 Å². The summed E-state index contributed by atoms with van der Waals surface area (Å²) in [7, 11) is 0. The van der Waals surface area contributed by atoms with E-state index >= 15 is 0 Å². The van der Waals surface area contributed by atoms with Gasteiger partial charge in [0.15, 0.2) is 18.3 Å². The van der Waals surface area contributed by atoms with Gasteiger partial charge < -0.3 is 4.74 Å². The highest BCUT2D eigenvalue weighted by molar-refractivity contribution is 6.70. The summed E-state index contributed by atoms with van der Waals surface area (Å²) in [5, 5.41) is 0. The average Bonchev–Trinajstić information content (AvgIpc) is 2.38. The molecule has 2 aromatic rings. The van der Waals surface area contributed by atoms with Crippen molar-refractivity contribution in [1.29, 1.82) is 0 Å². The lowest BCUT2D eigenvalue weighted by Crippen LogP contribution is -2.30. The second-order valence-electron chi connectivity index (χ2n) is 4.70. The van der Waals surface area contributed by atoms with Gasteiger partial charge in [-0.1, -0.05) is 44.0 Å². The maximum absolute atomic E-state index is 14.1. The van der Waals surface area contributed by atoms with Crippen molar-refractivity contribution in [2.24, 2.45) is 0 Å². The first-order valence-electron chi connectivity index (χ1n) is 6.24. The van der Waals surface area contributed by atoms with Gasteiger partial charge in [0, 0.05) is 0 Å². The number of hydrogen-bond acceptors (Lipinski definition) is 1. The first-order chi connectivity index (χ1) is 9.09. The number of ether oxygens (including phenoxy) is 1. The molecule has 0 saturated carbocycles. The van der Waals surface area contributed by atoms with Gasteiger partial charge in [-0.3, -0.25) is 0 Å². The zero-order chi connectivity index (χ0) is 13.8. The van der Waals surface area contributed by atoms with E-state index < -0.39 is 11.6 Å². The van der Waals surface area contributed by atoms with E-state index in [1.807, 2.05) is 30.3 Å². The normalized spacial score (nSPS) is 10.3. The Morgan fingerprint density at radius 2 is 1.68 bits per heavy atom. The summed E-state index contributed by atoms with van der Waals surface area (Å²) in [6, 6.07) is 12.0. The minimum absolute atomic E-state index is 0.0746. The first kappa shape index (κ1) is 13.6. The molecular weight excluding hydrogens is 245 g/mol. The fourth-order valence-electron chi connectivity index (χ4n) is 1.93. The lowest BCUT2D eigenvalue weighted by atomic mass is 9.49. The van der Waals surface area contributed by atoms with Crippen LogP contribution in [0.1, 0.15) is 5.56 Å². The Morgan fingerprint density at radius 1 is 1.00 bits per heavy atom. The summed E-state index contributed by atoms with van der Waals surface area (Å²) in [6.07, 6.45) is 0. The summed E-state index contributed by atoms with van der Waals surface area (Å²) >= 11 is 0. The lowest BCUT2D eigenvalue weighted by molar-refractivity contribution is 0.290. The minimum Gasteiger partial charge on any atom is -0.486 e. The van der Waals surface area contributed by atoms with Crippen LogP contribution in [0.25, 0.3) is 0 Å². The molecule has 4 heteroatoms. The molecule has 0 aliphatic carbocycles. The number of rotatable bonds is 4. The molecule has 1 nitrogen and oxygen atoms in total. The third-order valence-corrected chi connectivity index (χ3v) is 2.91. The van der Waals surface area contributed by atoms with E-state index in [1.54, 1.807) is 13.6 Å². The summed E-state index contributed by atoms with van der Waals surface area (Å²) in [4.78, 5) is 0. The Balaban J connectivity index is 2.20. The molecule has 98 valence electrons. The van der Waals surface area contributed by atoms with Crippen molar-refractivity contribution < 1.29 is 13.5 Å². The van der Waals surface area contributed by atoms with Crippen LogP contribution in [0.5, 0.6) is 5.75 Å². The van der Waals surface area contributed by atoms with Crippen molar-refractivity contribution in [3.05, 3.63) is 59.7 Å². The Kier molecular flexibility index (Phi) is 4.20. The Labute approximate surface area is 112 Å². The predicted octanol–water partition coefficient (Wildman–Crippen LogP) is 3.51. The van der Waals surface area contributed by atoms with E-state index in [9.17, 15) is 8.78 Å². The fraction of sp³-hybridized carbons (Fsp3) is 0.200. The van der Waals surface area contributed by atoms with Gasteiger partial charge in [0.05, 0.1) is 0 Å². The van der Waals surface area contributed by atoms with Crippen LogP contribution >= 0.6 is 0 Å². The highest BCUT2D eigenvalue weighted by Gasteiger charge is 2.19. The standard InChI is InChI=1S/C15H15BF2O/c1-16(2)14-12(17)8-9-13(15(14)18)19-10-11-6-4-3-5-7-11/h3-9H,10H2,1-2H3. The molecule has 0 saturated heterocycles. The Bertz CT molecular complexity index is 556. The lowest BCUT2D eigenvalue weighted by Gasteiger charge is -2.12. The van der Waals surface area contributed by atoms with Crippen molar-refractivity contribution in [2.45, 2.75) is 20.3 Å². The molecule has 0 aliphatic rings. The van der Waals surface area contributed by atoms with Crippen LogP contribution in [0.15, 0.2) is 42.5 Å². The highest BCUT2D eigenvalue weighted by Crippen LogP contribution is 2.18. The van der Waals surface area contributed by atoms with Crippen LogP contribution in [-0.2, 0) is 6.61 Å². The molecular formula is C15H15BF2O. The zero-order valence-electron chi connectivity index (χ0n) is 11.0. The van der Waals surface area contributed by atoms with E-state index in [2.05, 4.69) is 0 Å². The molecule has 0 amide bonds. The third-order valence-electron chi connectivity index (χ3n) is 2.91. The molecule has 0 aromatic heterocycles. The van der Waals surface area contributed by atoms with E-state index in [0.717, 1.165) is 5.56 Å². The predicted molar refractivity (Wildman–Crippen MR) is 74.2 cm³/mol. The van der Waals surface area contributed by atoms with Crippen LogP contribution < -0.4 is 10.2 Å². The first-order valence-corrected chi connectivity index (χ1v) is 6.24. The van der Waals surface area contributed by atoms with Gasteiger partial charge in [0.25, 0.3) is 0 Å². The van der Waals surface area contributed by atoms with Crippen LogP contribution in [-0.4, -0.2) is 6.71 Å². The van der Waals surface area contributed by atoms with E-state index in [-0.39, 0.29) is 24.5 Å². The molecule has 0 aliphatic heterocycles. The molecule has 0 spiro atoms. The topological polar surface area (TPSA) is 9.23 Å². The SMILES string of the molecule is CB(C)c1c(F)ccc(OCc2ccccc2)c1F. The van der Waals surface area contributed by atoms with Gasteiger partial charge in [0.2, 0.25) is 0 Å². The molecule has 19 heavy (non-hydrogen) atoms. The van der Waals surface area contributed by atoms with Gasteiger partial charge in [-0.25, -0.2) is 8.78 Å². The molecule has 0 unspecified atom stereocenters. The van der Waals surface area contributed by atoms with Crippen molar-refractivity contribution >= 4 is 12.2 Å². The van der Waals surface area contributed by atoms with E-state index in [4.69, 9.17) is 4.74 Å². The summed E-state index contributed by atoms with van der Waals surface area (Å²) in [5.74, 6) is -1.04. The third kappa shape index (κ3) is 3.14. The Hall–Kier alpha value is -1.84. The van der Waals surface area contributed by atoms with Crippen molar-refractivity contribution in [1.82, 2.24) is 0 Å². The number of benzene rings is 2. The fourth-order valence-corrected chi connectivity index (χ4v) is 1.93. The average molecular weight is 260 g/mol. The maximum Gasteiger partial charge on any atom is 0.177 e.